The molecule has 0 unspecified atom stereocenters. The molecule has 3 nitrogen and oxygen atoms in total. The molecular formula is C10H8F2N2O. The van der Waals surface area contributed by atoms with Crippen LogP contribution in [0.2, 0.25) is 0 Å². The SMILES string of the molecule is Fc1cccc(NCc2cnco2)c1F. The number of aromatic nitrogens is 1. The fourth-order valence-electron chi connectivity index (χ4n) is 1.15. The van der Waals surface area contributed by atoms with Gasteiger partial charge in [0.25, 0.3) is 0 Å². The molecular weight excluding hydrogens is 202 g/mol. The Balaban J connectivity index is 2.08. The van der Waals surface area contributed by atoms with Gasteiger partial charge in [-0.05, 0) is 12.1 Å². The van der Waals surface area contributed by atoms with Gasteiger partial charge < -0.3 is 9.73 Å². The first-order chi connectivity index (χ1) is 7.27. The molecule has 0 radical (unpaired) electrons. The molecule has 5 heteroatoms. The first-order valence-corrected chi connectivity index (χ1v) is 4.32. The molecule has 0 aliphatic heterocycles. The van der Waals surface area contributed by atoms with Crippen LogP contribution >= 0.6 is 0 Å². The highest BCUT2D eigenvalue weighted by Gasteiger charge is 2.07. The van der Waals surface area contributed by atoms with E-state index in [1.54, 1.807) is 0 Å². The first-order valence-electron chi connectivity index (χ1n) is 4.32. The van der Waals surface area contributed by atoms with Gasteiger partial charge in [-0.2, -0.15) is 0 Å². The fourth-order valence-corrected chi connectivity index (χ4v) is 1.15. The molecule has 0 fully saturated rings. The van der Waals surface area contributed by atoms with E-state index in [4.69, 9.17) is 4.42 Å². The molecule has 0 saturated heterocycles. The molecule has 0 aliphatic carbocycles. The number of rotatable bonds is 3. The van der Waals surface area contributed by atoms with Gasteiger partial charge in [-0.3, -0.25) is 0 Å². The van der Waals surface area contributed by atoms with E-state index in [0.29, 0.717) is 5.76 Å². The second-order valence-corrected chi connectivity index (χ2v) is 2.92. The van der Waals surface area contributed by atoms with E-state index in [2.05, 4.69) is 10.3 Å². The predicted octanol–water partition coefficient (Wildman–Crippen LogP) is 2.56. The van der Waals surface area contributed by atoms with E-state index in [1.807, 2.05) is 0 Å². The summed E-state index contributed by atoms with van der Waals surface area (Å²) in [7, 11) is 0. The summed E-state index contributed by atoms with van der Waals surface area (Å²) in [5.74, 6) is -1.21. The third-order valence-electron chi connectivity index (χ3n) is 1.89. The second-order valence-electron chi connectivity index (χ2n) is 2.92. The minimum atomic E-state index is -0.892. The van der Waals surface area contributed by atoms with Crippen LogP contribution in [0.3, 0.4) is 0 Å². The van der Waals surface area contributed by atoms with E-state index in [9.17, 15) is 8.78 Å². The Bertz CT molecular complexity index is 443. The van der Waals surface area contributed by atoms with Crippen LogP contribution in [0.1, 0.15) is 5.76 Å². The molecule has 1 N–H and O–H groups in total. The third kappa shape index (κ3) is 2.12. The van der Waals surface area contributed by atoms with Crippen molar-refractivity contribution in [2.75, 3.05) is 5.32 Å². The summed E-state index contributed by atoms with van der Waals surface area (Å²) in [6.45, 7) is 0.264. The molecule has 1 aromatic carbocycles. The number of hydrogen-bond acceptors (Lipinski definition) is 3. The van der Waals surface area contributed by atoms with Crippen molar-refractivity contribution in [1.29, 1.82) is 0 Å². The Morgan fingerprint density at radius 3 is 2.93 bits per heavy atom. The smallest absolute Gasteiger partial charge is 0.181 e. The minimum Gasteiger partial charge on any atom is -0.447 e. The first kappa shape index (κ1) is 9.64. The van der Waals surface area contributed by atoms with Gasteiger partial charge in [-0.25, -0.2) is 13.8 Å². The Morgan fingerprint density at radius 1 is 1.33 bits per heavy atom. The molecule has 1 aromatic heterocycles. The Morgan fingerprint density at radius 2 is 2.20 bits per heavy atom. The molecule has 0 saturated carbocycles. The van der Waals surface area contributed by atoms with E-state index >= 15 is 0 Å². The second kappa shape index (κ2) is 4.08. The van der Waals surface area contributed by atoms with Crippen molar-refractivity contribution in [1.82, 2.24) is 4.98 Å². The average molecular weight is 210 g/mol. The number of anilines is 1. The number of nitrogens with zero attached hydrogens (tertiary/aromatic N) is 1. The number of halogens is 2. The zero-order valence-electron chi connectivity index (χ0n) is 7.71. The lowest BCUT2D eigenvalue weighted by Gasteiger charge is -2.05. The van der Waals surface area contributed by atoms with E-state index < -0.39 is 11.6 Å². The summed E-state index contributed by atoms with van der Waals surface area (Å²) < 4.78 is 30.9. The molecule has 0 spiro atoms. The lowest BCUT2D eigenvalue weighted by atomic mass is 10.3. The molecule has 0 bridgehead atoms. The normalized spacial score (nSPS) is 10.3. The van der Waals surface area contributed by atoms with Crippen molar-refractivity contribution in [3.05, 3.63) is 48.2 Å². The molecule has 0 amide bonds. The molecule has 78 valence electrons. The maximum absolute atomic E-state index is 13.1. The molecule has 15 heavy (non-hydrogen) atoms. The summed E-state index contributed by atoms with van der Waals surface area (Å²) in [5, 5.41) is 2.71. The van der Waals surface area contributed by atoms with Crippen LogP contribution in [0.4, 0.5) is 14.5 Å². The average Bonchev–Trinajstić information content (AvgIpc) is 2.73. The van der Waals surface area contributed by atoms with Gasteiger partial charge in [-0.1, -0.05) is 6.07 Å². The van der Waals surface area contributed by atoms with E-state index in [1.165, 1.54) is 24.7 Å². The maximum Gasteiger partial charge on any atom is 0.181 e. The van der Waals surface area contributed by atoms with Crippen LogP contribution in [0.15, 0.2) is 35.2 Å². The number of nitrogens with one attached hydrogen (secondary N) is 1. The van der Waals surface area contributed by atoms with Crippen LogP contribution < -0.4 is 5.32 Å². The molecule has 2 rings (SSSR count). The number of oxazole rings is 1. The molecule has 2 aromatic rings. The monoisotopic (exact) mass is 210 g/mol. The van der Waals surface area contributed by atoms with E-state index in [0.717, 1.165) is 6.07 Å². The zero-order valence-corrected chi connectivity index (χ0v) is 7.71. The minimum absolute atomic E-state index is 0.103. The summed E-state index contributed by atoms with van der Waals surface area (Å²) in [6.07, 6.45) is 2.78. The molecule has 0 atom stereocenters. The molecule has 0 aliphatic rings. The van der Waals surface area contributed by atoms with Gasteiger partial charge in [0.2, 0.25) is 0 Å². The summed E-state index contributed by atoms with van der Waals surface area (Å²) >= 11 is 0. The van der Waals surface area contributed by atoms with Crippen molar-refractivity contribution in [2.45, 2.75) is 6.54 Å². The van der Waals surface area contributed by atoms with Gasteiger partial charge in [0.05, 0.1) is 18.4 Å². The zero-order chi connectivity index (χ0) is 10.7. The van der Waals surface area contributed by atoms with Crippen LogP contribution in [0.5, 0.6) is 0 Å². The van der Waals surface area contributed by atoms with Gasteiger partial charge in [-0.15, -0.1) is 0 Å². The van der Waals surface area contributed by atoms with Gasteiger partial charge in [0.15, 0.2) is 18.0 Å². The molecule has 1 heterocycles. The highest BCUT2D eigenvalue weighted by Crippen LogP contribution is 2.17. The van der Waals surface area contributed by atoms with Crippen molar-refractivity contribution in [2.24, 2.45) is 0 Å². The third-order valence-corrected chi connectivity index (χ3v) is 1.89. The quantitative estimate of drug-likeness (QED) is 0.846. The largest absolute Gasteiger partial charge is 0.447 e. The summed E-state index contributed by atoms with van der Waals surface area (Å²) in [5.41, 5.74) is 0.103. The lowest BCUT2D eigenvalue weighted by molar-refractivity contribution is 0.503. The van der Waals surface area contributed by atoms with Gasteiger partial charge in [0.1, 0.15) is 5.76 Å². The van der Waals surface area contributed by atoms with Crippen molar-refractivity contribution in [3.63, 3.8) is 0 Å². The van der Waals surface area contributed by atoms with Crippen molar-refractivity contribution in [3.8, 4) is 0 Å². The van der Waals surface area contributed by atoms with Crippen molar-refractivity contribution < 1.29 is 13.2 Å². The fraction of sp³-hybridized carbons (Fsp3) is 0.100. The van der Waals surface area contributed by atoms with E-state index in [-0.39, 0.29) is 12.2 Å². The van der Waals surface area contributed by atoms with Crippen LogP contribution in [-0.2, 0) is 6.54 Å². The lowest BCUT2D eigenvalue weighted by Crippen LogP contribution is -2.01. The summed E-state index contributed by atoms with van der Waals surface area (Å²) in [6, 6.07) is 3.95. The van der Waals surface area contributed by atoms with Gasteiger partial charge in [0, 0.05) is 0 Å². The highest BCUT2D eigenvalue weighted by atomic mass is 19.2. The Labute approximate surface area is 84.7 Å². The predicted molar refractivity (Wildman–Crippen MR) is 50.2 cm³/mol. The summed E-state index contributed by atoms with van der Waals surface area (Å²) in [4.78, 5) is 3.70. The Kier molecular flexibility index (Phi) is 2.62. The Hall–Kier alpha value is -1.91. The standard InChI is InChI=1S/C10H8F2N2O/c11-8-2-1-3-9(10(8)12)14-5-7-4-13-6-15-7/h1-4,6,14H,5H2. The topological polar surface area (TPSA) is 38.1 Å². The van der Waals surface area contributed by atoms with Gasteiger partial charge >= 0.3 is 0 Å². The van der Waals surface area contributed by atoms with Crippen molar-refractivity contribution >= 4 is 5.69 Å². The number of hydrogen-bond donors (Lipinski definition) is 1. The highest BCUT2D eigenvalue weighted by molar-refractivity contribution is 5.44. The van der Waals surface area contributed by atoms with Crippen LogP contribution in [0.25, 0.3) is 0 Å². The number of benzene rings is 1. The van der Waals surface area contributed by atoms with Crippen LogP contribution in [0, 0.1) is 11.6 Å². The maximum atomic E-state index is 13.1. The van der Waals surface area contributed by atoms with Crippen LogP contribution in [-0.4, -0.2) is 4.98 Å².